The molecule has 0 saturated carbocycles. The number of benzene rings is 2. The van der Waals surface area contributed by atoms with Crippen LogP contribution in [0.2, 0.25) is 5.02 Å². The summed E-state index contributed by atoms with van der Waals surface area (Å²) in [5.41, 5.74) is 1.15. The first-order valence-electron chi connectivity index (χ1n) is 10.3. The van der Waals surface area contributed by atoms with Gasteiger partial charge in [-0.05, 0) is 63.1 Å². The number of halogens is 1. The zero-order chi connectivity index (χ0) is 21.5. The lowest BCUT2D eigenvalue weighted by Gasteiger charge is -2.32. The second-order valence-corrected chi connectivity index (χ2v) is 7.55. The number of likely N-dealkylation sites (tertiary alicyclic amines) is 1. The van der Waals surface area contributed by atoms with Crippen molar-refractivity contribution >= 4 is 29.1 Å². The van der Waals surface area contributed by atoms with Crippen LogP contribution in [0.5, 0.6) is 11.5 Å². The topological polar surface area (TPSA) is 67.9 Å². The molecule has 3 rings (SSSR count). The number of nitrogens with one attached hydrogen (secondary N) is 1. The molecule has 1 N–H and O–H groups in total. The van der Waals surface area contributed by atoms with Crippen LogP contribution >= 0.6 is 11.6 Å². The van der Waals surface area contributed by atoms with E-state index in [0.29, 0.717) is 54.1 Å². The van der Waals surface area contributed by atoms with Gasteiger partial charge in [0.2, 0.25) is 5.91 Å². The Kier molecular flexibility index (Phi) is 7.57. The largest absolute Gasteiger partial charge is 0.494 e. The zero-order valence-corrected chi connectivity index (χ0v) is 18.1. The Morgan fingerprint density at radius 2 is 1.83 bits per heavy atom. The highest BCUT2D eigenvalue weighted by Gasteiger charge is 2.29. The van der Waals surface area contributed by atoms with Crippen molar-refractivity contribution in [2.75, 3.05) is 31.6 Å². The van der Waals surface area contributed by atoms with Gasteiger partial charge in [0.15, 0.2) is 0 Å². The third kappa shape index (κ3) is 5.45. The Labute approximate surface area is 182 Å². The van der Waals surface area contributed by atoms with Crippen LogP contribution in [0.1, 0.15) is 37.0 Å². The lowest BCUT2D eigenvalue weighted by Crippen LogP contribution is -2.43. The van der Waals surface area contributed by atoms with E-state index in [2.05, 4.69) is 5.32 Å². The van der Waals surface area contributed by atoms with E-state index < -0.39 is 0 Å². The Morgan fingerprint density at radius 1 is 1.10 bits per heavy atom. The first kappa shape index (κ1) is 22.0. The number of hydrogen-bond acceptors (Lipinski definition) is 4. The predicted octanol–water partition coefficient (Wildman–Crippen LogP) is 4.63. The molecule has 0 aromatic heterocycles. The van der Waals surface area contributed by atoms with Gasteiger partial charge in [-0.25, -0.2) is 0 Å². The fraction of sp³-hybridized carbons (Fsp3) is 0.391. The van der Waals surface area contributed by atoms with E-state index >= 15 is 0 Å². The highest BCUT2D eigenvalue weighted by Crippen LogP contribution is 2.31. The van der Waals surface area contributed by atoms with Crippen molar-refractivity contribution in [3.05, 3.63) is 53.1 Å². The number of nitrogens with zero attached hydrogens (tertiary/aromatic N) is 1. The van der Waals surface area contributed by atoms with Crippen LogP contribution in [0.25, 0.3) is 0 Å². The van der Waals surface area contributed by atoms with Crippen molar-refractivity contribution < 1.29 is 19.1 Å². The standard InChI is InChI=1S/C23H27ClN2O4/c1-3-29-19-11-12-21(30-4-2)20(14-19)25-22(27)17-6-5-13-26(15-17)23(28)16-7-9-18(24)10-8-16/h7-12,14,17H,3-6,13,15H2,1-2H3,(H,25,27)/t17-/m0/s1. The summed E-state index contributed by atoms with van der Waals surface area (Å²) in [6, 6.07) is 12.2. The first-order chi connectivity index (χ1) is 14.5. The van der Waals surface area contributed by atoms with Gasteiger partial charge in [0.1, 0.15) is 11.5 Å². The maximum absolute atomic E-state index is 13.0. The van der Waals surface area contributed by atoms with Crippen molar-refractivity contribution in [3.8, 4) is 11.5 Å². The van der Waals surface area contributed by atoms with Gasteiger partial charge in [0, 0.05) is 29.7 Å². The molecule has 0 bridgehead atoms. The molecular formula is C23H27ClN2O4. The van der Waals surface area contributed by atoms with Crippen LogP contribution in [0.15, 0.2) is 42.5 Å². The Morgan fingerprint density at radius 3 is 2.53 bits per heavy atom. The van der Waals surface area contributed by atoms with Crippen LogP contribution in [-0.4, -0.2) is 43.0 Å². The molecule has 160 valence electrons. The molecular weight excluding hydrogens is 404 g/mol. The van der Waals surface area contributed by atoms with Gasteiger partial charge in [-0.1, -0.05) is 11.6 Å². The number of rotatable bonds is 7. The number of carbonyl (C=O) groups excluding carboxylic acids is 2. The van der Waals surface area contributed by atoms with Crippen molar-refractivity contribution in [3.63, 3.8) is 0 Å². The van der Waals surface area contributed by atoms with E-state index in [9.17, 15) is 9.59 Å². The molecule has 0 aliphatic carbocycles. The second kappa shape index (κ2) is 10.3. The molecule has 1 fully saturated rings. The van der Waals surface area contributed by atoms with E-state index in [1.54, 1.807) is 41.3 Å². The van der Waals surface area contributed by atoms with Crippen molar-refractivity contribution in [2.45, 2.75) is 26.7 Å². The number of carbonyl (C=O) groups is 2. The van der Waals surface area contributed by atoms with Crippen LogP contribution < -0.4 is 14.8 Å². The molecule has 2 amide bonds. The highest BCUT2D eigenvalue weighted by atomic mass is 35.5. The van der Waals surface area contributed by atoms with Crippen molar-refractivity contribution in [1.29, 1.82) is 0 Å². The molecule has 1 heterocycles. The number of anilines is 1. The molecule has 1 saturated heterocycles. The average Bonchev–Trinajstić information content (AvgIpc) is 2.76. The monoisotopic (exact) mass is 430 g/mol. The van der Waals surface area contributed by atoms with Gasteiger partial charge >= 0.3 is 0 Å². The molecule has 0 spiro atoms. The van der Waals surface area contributed by atoms with E-state index in [0.717, 1.165) is 12.8 Å². The van der Waals surface area contributed by atoms with Crippen LogP contribution in [-0.2, 0) is 4.79 Å². The van der Waals surface area contributed by atoms with Crippen LogP contribution in [0.3, 0.4) is 0 Å². The number of ether oxygens (including phenoxy) is 2. The minimum atomic E-state index is -0.291. The Hall–Kier alpha value is -2.73. The maximum Gasteiger partial charge on any atom is 0.253 e. The van der Waals surface area contributed by atoms with Crippen LogP contribution in [0.4, 0.5) is 5.69 Å². The molecule has 0 unspecified atom stereocenters. The molecule has 30 heavy (non-hydrogen) atoms. The zero-order valence-electron chi connectivity index (χ0n) is 17.3. The molecule has 2 aromatic rings. The summed E-state index contributed by atoms with van der Waals surface area (Å²) in [4.78, 5) is 27.5. The van der Waals surface area contributed by atoms with Crippen LogP contribution in [0, 0.1) is 5.92 Å². The summed E-state index contributed by atoms with van der Waals surface area (Å²) in [5, 5.41) is 3.56. The Bertz CT molecular complexity index is 885. The van der Waals surface area contributed by atoms with E-state index in [1.807, 2.05) is 19.9 Å². The molecule has 6 nitrogen and oxygen atoms in total. The average molecular weight is 431 g/mol. The lowest BCUT2D eigenvalue weighted by molar-refractivity contribution is -0.121. The first-order valence-corrected chi connectivity index (χ1v) is 10.6. The normalized spacial score (nSPS) is 16.1. The minimum absolute atomic E-state index is 0.0856. The Balaban J connectivity index is 1.70. The fourth-order valence-electron chi connectivity index (χ4n) is 3.53. The molecule has 1 atom stereocenters. The van der Waals surface area contributed by atoms with Gasteiger partial charge in [-0.3, -0.25) is 9.59 Å². The summed E-state index contributed by atoms with van der Waals surface area (Å²) in [7, 11) is 0. The molecule has 1 aliphatic heterocycles. The maximum atomic E-state index is 13.0. The number of hydrogen-bond donors (Lipinski definition) is 1. The summed E-state index contributed by atoms with van der Waals surface area (Å²) >= 11 is 5.91. The second-order valence-electron chi connectivity index (χ2n) is 7.11. The summed E-state index contributed by atoms with van der Waals surface area (Å²) in [6.07, 6.45) is 1.50. The summed E-state index contributed by atoms with van der Waals surface area (Å²) in [5.74, 6) is 0.759. The number of piperidine rings is 1. The molecule has 1 aliphatic rings. The minimum Gasteiger partial charge on any atom is -0.494 e. The molecule has 0 radical (unpaired) electrons. The van der Waals surface area contributed by atoms with E-state index in [1.165, 1.54) is 0 Å². The SMILES string of the molecule is CCOc1ccc(OCC)c(NC(=O)[C@H]2CCCN(C(=O)c3ccc(Cl)cc3)C2)c1. The smallest absolute Gasteiger partial charge is 0.253 e. The number of amides is 2. The van der Waals surface area contributed by atoms with E-state index in [4.69, 9.17) is 21.1 Å². The summed E-state index contributed by atoms with van der Waals surface area (Å²) < 4.78 is 11.2. The van der Waals surface area contributed by atoms with Gasteiger partial charge in [0.05, 0.1) is 24.8 Å². The van der Waals surface area contributed by atoms with Crippen molar-refractivity contribution in [2.24, 2.45) is 5.92 Å². The van der Waals surface area contributed by atoms with Crippen molar-refractivity contribution in [1.82, 2.24) is 4.90 Å². The molecule has 7 heteroatoms. The van der Waals surface area contributed by atoms with Gasteiger partial charge in [-0.2, -0.15) is 0 Å². The highest BCUT2D eigenvalue weighted by molar-refractivity contribution is 6.30. The van der Waals surface area contributed by atoms with E-state index in [-0.39, 0.29) is 17.7 Å². The van der Waals surface area contributed by atoms with Gasteiger partial charge in [0.25, 0.3) is 5.91 Å². The van der Waals surface area contributed by atoms with Gasteiger partial charge in [-0.15, -0.1) is 0 Å². The summed E-state index contributed by atoms with van der Waals surface area (Å²) in [6.45, 7) is 5.83. The third-order valence-corrected chi connectivity index (χ3v) is 5.24. The quantitative estimate of drug-likeness (QED) is 0.695. The third-order valence-electron chi connectivity index (χ3n) is 4.99. The predicted molar refractivity (Wildman–Crippen MR) is 117 cm³/mol. The lowest BCUT2D eigenvalue weighted by atomic mass is 9.96. The van der Waals surface area contributed by atoms with Gasteiger partial charge < -0.3 is 19.7 Å². The fourth-order valence-corrected chi connectivity index (χ4v) is 3.66. The molecule has 2 aromatic carbocycles.